The summed E-state index contributed by atoms with van der Waals surface area (Å²) in [6.45, 7) is 4.94. The molecule has 0 aromatic rings. The van der Waals surface area contributed by atoms with Crippen molar-refractivity contribution >= 4 is 11.9 Å². The fourth-order valence-corrected chi connectivity index (χ4v) is 0.300. The van der Waals surface area contributed by atoms with E-state index in [2.05, 4.69) is 0 Å². The molecule has 8 heteroatoms. The second kappa shape index (κ2) is 13.7. The summed E-state index contributed by atoms with van der Waals surface area (Å²) in [7, 11) is 0. The third kappa shape index (κ3) is 15.0. The minimum absolute atomic E-state index is 0.231. The average Bonchev–Trinajstić information content (AvgIpc) is 2.43. The summed E-state index contributed by atoms with van der Waals surface area (Å²) in [6.07, 6.45) is 0. The Morgan fingerprint density at radius 1 is 0.714 bits per heavy atom. The monoisotopic (exact) mass is 312 g/mol. The number of carboxylic acids is 2. The van der Waals surface area contributed by atoms with E-state index in [1.54, 1.807) is 27.7 Å². The van der Waals surface area contributed by atoms with E-state index >= 15 is 0 Å². The van der Waals surface area contributed by atoms with Crippen molar-refractivity contribution in [1.82, 2.24) is 0 Å². The maximum Gasteiger partial charge on any atom is 0.305 e. The predicted octanol–water partition coefficient (Wildman–Crippen LogP) is -0.604. The molecule has 0 bridgehead atoms. The van der Waals surface area contributed by atoms with Crippen LogP contribution in [0.25, 0.3) is 0 Å². The van der Waals surface area contributed by atoms with Crippen LogP contribution in [0.15, 0.2) is 0 Å². The molecule has 0 spiro atoms. The molecule has 0 radical (unpaired) electrons. The SMILES string of the molecule is CC(C)C(=O)O.CC(C)C(=O)O.OCC(CO)(CO)CO. The average molecular weight is 312 g/mol. The van der Waals surface area contributed by atoms with Crippen LogP contribution >= 0.6 is 0 Å². The summed E-state index contributed by atoms with van der Waals surface area (Å²) in [5.41, 5.74) is -1.11. The summed E-state index contributed by atoms with van der Waals surface area (Å²) < 4.78 is 0. The van der Waals surface area contributed by atoms with Gasteiger partial charge in [0.05, 0.1) is 43.7 Å². The van der Waals surface area contributed by atoms with Gasteiger partial charge in [0.2, 0.25) is 0 Å². The van der Waals surface area contributed by atoms with E-state index in [4.69, 9.17) is 30.6 Å². The third-order valence-electron chi connectivity index (χ3n) is 2.33. The van der Waals surface area contributed by atoms with E-state index in [0.717, 1.165) is 0 Å². The van der Waals surface area contributed by atoms with Crippen LogP contribution < -0.4 is 0 Å². The minimum atomic E-state index is -1.11. The number of carbonyl (C=O) groups is 2. The Hall–Kier alpha value is -1.22. The van der Waals surface area contributed by atoms with E-state index < -0.39 is 43.8 Å². The summed E-state index contributed by atoms with van der Waals surface area (Å²) in [6, 6.07) is 0. The van der Waals surface area contributed by atoms with Crippen LogP contribution in [0.5, 0.6) is 0 Å². The zero-order valence-electron chi connectivity index (χ0n) is 13.0. The van der Waals surface area contributed by atoms with E-state index in [1.807, 2.05) is 0 Å². The summed E-state index contributed by atoms with van der Waals surface area (Å²) >= 11 is 0. The Labute approximate surface area is 124 Å². The first kappa shape index (κ1) is 24.8. The number of hydrogen-bond donors (Lipinski definition) is 6. The molecule has 0 aliphatic heterocycles. The van der Waals surface area contributed by atoms with Gasteiger partial charge in [-0.3, -0.25) is 9.59 Å². The van der Waals surface area contributed by atoms with Crippen LogP contribution in [0.3, 0.4) is 0 Å². The van der Waals surface area contributed by atoms with Crippen LogP contribution in [-0.4, -0.2) is 69.0 Å². The first-order valence-corrected chi connectivity index (χ1v) is 6.42. The summed E-state index contributed by atoms with van der Waals surface area (Å²) in [5.74, 6) is -1.94. The van der Waals surface area contributed by atoms with E-state index in [-0.39, 0.29) is 11.8 Å². The highest BCUT2D eigenvalue weighted by molar-refractivity contribution is 5.69. The van der Waals surface area contributed by atoms with Crippen LogP contribution in [0.4, 0.5) is 0 Å². The van der Waals surface area contributed by atoms with E-state index in [0.29, 0.717) is 0 Å². The normalized spacial score (nSPS) is 10.4. The van der Waals surface area contributed by atoms with Crippen molar-refractivity contribution in [2.45, 2.75) is 27.7 Å². The predicted molar refractivity (Wildman–Crippen MR) is 75.7 cm³/mol. The topological polar surface area (TPSA) is 156 Å². The molecule has 0 fully saturated rings. The lowest BCUT2D eigenvalue weighted by molar-refractivity contribution is -0.141. The van der Waals surface area contributed by atoms with Gasteiger partial charge in [0.1, 0.15) is 0 Å². The quantitative estimate of drug-likeness (QED) is 0.379. The standard InChI is InChI=1S/C5H12O4.2C4H8O2/c6-1-5(2-7,3-8)4-9;2*1-3(2)4(5)6/h6-9H,1-4H2;2*3H,1-2H3,(H,5,6). The lowest BCUT2D eigenvalue weighted by atomic mass is 9.93. The zero-order chi connectivity index (χ0) is 17.6. The molecule has 6 N–H and O–H groups in total. The molecule has 21 heavy (non-hydrogen) atoms. The largest absolute Gasteiger partial charge is 0.481 e. The zero-order valence-corrected chi connectivity index (χ0v) is 13.0. The summed E-state index contributed by atoms with van der Waals surface area (Å²) in [5, 5.41) is 50.0. The molecule has 0 aliphatic rings. The molecule has 0 saturated carbocycles. The highest BCUT2D eigenvalue weighted by atomic mass is 16.4. The molecular formula is C13H28O8. The number of aliphatic carboxylic acids is 2. The van der Waals surface area contributed by atoms with Gasteiger partial charge in [0, 0.05) is 0 Å². The smallest absolute Gasteiger partial charge is 0.305 e. The van der Waals surface area contributed by atoms with E-state index in [9.17, 15) is 9.59 Å². The van der Waals surface area contributed by atoms with Gasteiger partial charge in [0.15, 0.2) is 0 Å². The molecule has 0 aliphatic carbocycles. The molecule has 128 valence electrons. The molecule has 0 unspecified atom stereocenters. The fraction of sp³-hybridized carbons (Fsp3) is 0.846. The highest BCUT2D eigenvalue weighted by Gasteiger charge is 2.26. The molecule has 0 aromatic carbocycles. The first-order valence-electron chi connectivity index (χ1n) is 6.42. The molecule has 0 aromatic heterocycles. The van der Waals surface area contributed by atoms with Crippen molar-refractivity contribution in [1.29, 1.82) is 0 Å². The molecular weight excluding hydrogens is 284 g/mol. The van der Waals surface area contributed by atoms with Gasteiger partial charge in [-0.1, -0.05) is 27.7 Å². The highest BCUT2D eigenvalue weighted by Crippen LogP contribution is 2.11. The van der Waals surface area contributed by atoms with Crippen molar-refractivity contribution in [3.8, 4) is 0 Å². The Balaban J connectivity index is -0.000000240. The van der Waals surface area contributed by atoms with Gasteiger partial charge >= 0.3 is 11.9 Å². The van der Waals surface area contributed by atoms with Crippen molar-refractivity contribution in [2.24, 2.45) is 17.3 Å². The van der Waals surface area contributed by atoms with Crippen LogP contribution in [0.1, 0.15) is 27.7 Å². The molecule has 0 heterocycles. The Bertz CT molecular complexity index is 236. The lowest BCUT2D eigenvalue weighted by Crippen LogP contribution is -2.37. The number of aliphatic hydroxyl groups excluding tert-OH is 4. The van der Waals surface area contributed by atoms with Gasteiger partial charge in [-0.25, -0.2) is 0 Å². The van der Waals surface area contributed by atoms with Gasteiger partial charge in [-0.15, -0.1) is 0 Å². The van der Waals surface area contributed by atoms with Gasteiger partial charge in [-0.2, -0.15) is 0 Å². The molecule has 0 amide bonds. The molecule has 0 atom stereocenters. The Morgan fingerprint density at radius 2 is 0.857 bits per heavy atom. The first-order chi connectivity index (χ1) is 9.53. The maximum absolute atomic E-state index is 9.70. The second-order valence-corrected chi connectivity index (χ2v) is 5.12. The van der Waals surface area contributed by atoms with Gasteiger partial charge in [-0.05, 0) is 0 Å². The molecule has 0 rings (SSSR count). The van der Waals surface area contributed by atoms with Crippen molar-refractivity contribution in [3.63, 3.8) is 0 Å². The van der Waals surface area contributed by atoms with E-state index in [1.165, 1.54) is 0 Å². The number of hydrogen-bond acceptors (Lipinski definition) is 6. The van der Waals surface area contributed by atoms with Crippen molar-refractivity contribution < 1.29 is 40.2 Å². The fourth-order valence-electron chi connectivity index (χ4n) is 0.300. The number of rotatable bonds is 6. The maximum atomic E-state index is 9.70. The minimum Gasteiger partial charge on any atom is -0.481 e. The van der Waals surface area contributed by atoms with Crippen LogP contribution in [0, 0.1) is 17.3 Å². The van der Waals surface area contributed by atoms with Crippen LogP contribution in [-0.2, 0) is 9.59 Å². The number of aliphatic hydroxyl groups is 4. The van der Waals surface area contributed by atoms with Crippen molar-refractivity contribution in [3.05, 3.63) is 0 Å². The Morgan fingerprint density at radius 3 is 0.857 bits per heavy atom. The van der Waals surface area contributed by atoms with Gasteiger partial charge in [0.25, 0.3) is 0 Å². The number of carboxylic acid groups (broad SMARTS) is 2. The van der Waals surface area contributed by atoms with Crippen molar-refractivity contribution in [2.75, 3.05) is 26.4 Å². The lowest BCUT2D eigenvalue weighted by Gasteiger charge is -2.23. The van der Waals surface area contributed by atoms with Gasteiger partial charge < -0.3 is 30.6 Å². The molecule has 8 nitrogen and oxygen atoms in total. The Kier molecular flexibility index (Phi) is 16.2. The van der Waals surface area contributed by atoms with Crippen LogP contribution in [0.2, 0.25) is 0 Å². The molecule has 0 saturated heterocycles. The third-order valence-corrected chi connectivity index (χ3v) is 2.33. The summed E-state index contributed by atoms with van der Waals surface area (Å²) in [4.78, 5) is 19.4. The second-order valence-electron chi connectivity index (χ2n) is 5.12.